The molecule has 3 atom stereocenters. The van der Waals surface area contributed by atoms with Crippen LogP contribution in [0.25, 0.3) is 0 Å². The minimum Gasteiger partial charge on any atom is -0.469 e. The molecule has 82 valence electrons. The topological polar surface area (TPSA) is 53.7 Å². The van der Waals surface area contributed by atoms with E-state index in [1.807, 2.05) is 19.1 Å². The highest BCUT2D eigenvalue weighted by Gasteiger charge is 2.46. The van der Waals surface area contributed by atoms with E-state index < -0.39 is 0 Å². The van der Waals surface area contributed by atoms with E-state index in [4.69, 9.17) is 4.42 Å². The molecule has 1 N–H and O–H groups in total. The molecule has 0 spiro atoms. The maximum atomic E-state index is 11.0. The predicted molar refractivity (Wildman–Crippen MR) is 53.3 cm³/mol. The van der Waals surface area contributed by atoms with Crippen LogP contribution in [0.15, 0.2) is 22.8 Å². The highest BCUT2D eigenvalue weighted by molar-refractivity contribution is 5.72. The second-order valence-electron chi connectivity index (χ2n) is 4.13. The molecule has 1 amide bonds. The lowest BCUT2D eigenvalue weighted by atomic mass is 10.1. The van der Waals surface area contributed by atoms with E-state index in [0.29, 0.717) is 11.8 Å². The molecule has 4 heteroatoms. The molecule has 1 aliphatic carbocycles. The van der Waals surface area contributed by atoms with Crippen LogP contribution in [0.4, 0.5) is 0 Å². The standard InChI is InChI=1S/C11H15NO3/c1-7(12(14)8(2)13)9-6-10(9)11-4-3-5-15-11/h3-5,7,9-10,14H,6H2,1-2H3. The van der Waals surface area contributed by atoms with Gasteiger partial charge in [-0.2, -0.15) is 0 Å². The summed E-state index contributed by atoms with van der Waals surface area (Å²) in [6, 6.07) is 3.65. The highest BCUT2D eigenvalue weighted by Crippen LogP contribution is 2.50. The van der Waals surface area contributed by atoms with Crippen LogP contribution in [0, 0.1) is 5.92 Å². The zero-order valence-electron chi connectivity index (χ0n) is 8.88. The summed E-state index contributed by atoms with van der Waals surface area (Å²) in [6.45, 7) is 3.22. The Morgan fingerprint density at radius 2 is 2.47 bits per heavy atom. The van der Waals surface area contributed by atoms with Crippen LogP contribution in [0.5, 0.6) is 0 Å². The van der Waals surface area contributed by atoms with Crippen molar-refractivity contribution in [1.82, 2.24) is 5.06 Å². The normalized spacial score (nSPS) is 26.1. The smallest absolute Gasteiger partial charge is 0.243 e. The molecule has 15 heavy (non-hydrogen) atoms. The molecule has 0 bridgehead atoms. The van der Waals surface area contributed by atoms with Crippen molar-refractivity contribution in [1.29, 1.82) is 0 Å². The van der Waals surface area contributed by atoms with Crippen LogP contribution in [0.3, 0.4) is 0 Å². The molecule has 0 aliphatic heterocycles. The largest absolute Gasteiger partial charge is 0.469 e. The number of nitrogens with zero attached hydrogens (tertiary/aromatic N) is 1. The van der Waals surface area contributed by atoms with Crippen molar-refractivity contribution in [3.8, 4) is 0 Å². The second kappa shape index (κ2) is 3.70. The molecule has 2 rings (SSSR count). The van der Waals surface area contributed by atoms with Gasteiger partial charge in [-0.25, -0.2) is 5.06 Å². The third-order valence-corrected chi connectivity index (χ3v) is 3.08. The van der Waals surface area contributed by atoms with Crippen molar-refractivity contribution >= 4 is 5.91 Å². The van der Waals surface area contributed by atoms with Crippen LogP contribution in [0.2, 0.25) is 0 Å². The number of carbonyl (C=O) groups excluding carboxylic acids is 1. The zero-order chi connectivity index (χ0) is 11.0. The third-order valence-electron chi connectivity index (χ3n) is 3.08. The molecule has 1 aliphatic rings. The van der Waals surface area contributed by atoms with Crippen LogP contribution >= 0.6 is 0 Å². The fourth-order valence-electron chi connectivity index (χ4n) is 2.05. The van der Waals surface area contributed by atoms with E-state index in [2.05, 4.69) is 0 Å². The number of hydroxylamine groups is 2. The Hall–Kier alpha value is -1.29. The first-order valence-corrected chi connectivity index (χ1v) is 5.13. The molecule has 0 aromatic carbocycles. The molecule has 3 unspecified atom stereocenters. The van der Waals surface area contributed by atoms with Gasteiger partial charge in [0.05, 0.1) is 12.3 Å². The zero-order valence-corrected chi connectivity index (χ0v) is 8.88. The predicted octanol–water partition coefficient (Wildman–Crippen LogP) is 2.01. The molecule has 1 saturated carbocycles. The minimum absolute atomic E-state index is 0.141. The van der Waals surface area contributed by atoms with E-state index in [0.717, 1.165) is 17.2 Å². The average molecular weight is 209 g/mol. The van der Waals surface area contributed by atoms with Crippen molar-refractivity contribution in [2.75, 3.05) is 0 Å². The summed E-state index contributed by atoms with van der Waals surface area (Å²) in [5.74, 6) is 1.30. The van der Waals surface area contributed by atoms with Gasteiger partial charge in [0, 0.05) is 12.8 Å². The molecule has 1 heterocycles. The fraction of sp³-hybridized carbons (Fsp3) is 0.545. The van der Waals surface area contributed by atoms with Gasteiger partial charge in [0.15, 0.2) is 0 Å². The first-order valence-electron chi connectivity index (χ1n) is 5.13. The maximum Gasteiger partial charge on any atom is 0.243 e. The van der Waals surface area contributed by atoms with Crippen LogP contribution in [-0.4, -0.2) is 22.2 Å². The van der Waals surface area contributed by atoms with Crippen LogP contribution in [-0.2, 0) is 4.79 Å². The van der Waals surface area contributed by atoms with Crippen molar-refractivity contribution in [2.45, 2.75) is 32.2 Å². The van der Waals surface area contributed by atoms with Crippen LogP contribution < -0.4 is 0 Å². The Morgan fingerprint density at radius 1 is 1.73 bits per heavy atom. The van der Waals surface area contributed by atoms with Gasteiger partial charge in [-0.1, -0.05) is 0 Å². The summed E-state index contributed by atoms with van der Waals surface area (Å²) >= 11 is 0. The molecule has 1 aromatic rings. The maximum absolute atomic E-state index is 11.0. The lowest BCUT2D eigenvalue weighted by Gasteiger charge is -2.20. The Morgan fingerprint density at radius 3 is 3.00 bits per heavy atom. The molecular weight excluding hydrogens is 194 g/mol. The van der Waals surface area contributed by atoms with Gasteiger partial charge in [-0.3, -0.25) is 10.0 Å². The van der Waals surface area contributed by atoms with Crippen molar-refractivity contribution in [3.63, 3.8) is 0 Å². The number of hydrogen-bond donors (Lipinski definition) is 1. The minimum atomic E-state index is -0.312. The van der Waals surface area contributed by atoms with E-state index >= 15 is 0 Å². The van der Waals surface area contributed by atoms with Crippen molar-refractivity contribution < 1.29 is 14.4 Å². The SMILES string of the molecule is CC(=O)N(O)C(C)C1CC1c1ccco1. The quantitative estimate of drug-likeness (QED) is 0.612. The van der Waals surface area contributed by atoms with Gasteiger partial charge < -0.3 is 4.42 Å². The summed E-state index contributed by atoms with van der Waals surface area (Å²) in [6.07, 6.45) is 2.62. The summed E-state index contributed by atoms with van der Waals surface area (Å²) in [5, 5.41) is 10.3. The summed E-state index contributed by atoms with van der Waals surface area (Å²) < 4.78 is 5.29. The first kappa shape index (κ1) is 10.2. The number of hydrogen-bond acceptors (Lipinski definition) is 3. The molecule has 0 saturated heterocycles. The Bertz CT molecular complexity index is 347. The Kier molecular flexibility index (Phi) is 2.52. The van der Waals surface area contributed by atoms with Crippen molar-refractivity contribution in [2.24, 2.45) is 5.92 Å². The highest BCUT2D eigenvalue weighted by atomic mass is 16.5. The fourth-order valence-corrected chi connectivity index (χ4v) is 2.05. The number of furan rings is 1. The Balaban J connectivity index is 1.96. The third kappa shape index (κ3) is 1.90. The lowest BCUT2D eigenvalue weighted by Crippen LogP contribution is -2.35. The lowest BCUT2D eigenvalue weighted by molar-refractivity contribution is -0.173. The molecule has 1 fully saturated rings. The van der Waals surface area contributed by atoms with E-state index in [1.54, 1.807) is 6.26 Å². The number of amides is 1. The van der Waals surface area contributed by atoms with E-state index in [1.165, 1.54) is 6.92 Å². The summed E-state index contributed by atoms with van der Waals surface area (Å²) in [4.78, 5) is 11.0. The first-order chi connectivity index (χ1) is 7.11. The van der Waals surface area contributed by atoms with E-state index in [9.17, 15) is 10.0 Å². The summed E-state index contributed by atoms with van der Waals surface area (Å²) in [7, 11) is 0. The van der Waals surface area contributed by atoms with Gasteiger partial charge in [0.1, 0.15) is 5.76 Å². The number of rotatable bonds is 3. The van der Waals surface area contributed by atoms with Gasteiger partial charge >= 0.3 is 0 Å². The van der Waals surface area contributed by atoms with Crippen molar-refractivity contribution in [3.05, 3.63) is 24.2 Å². The van der Waals surface area contributed by atoms with Crippen LogP contribution in [0.1, 0.15) is 31.9 Å². The van der Waals surface area contributed by atoms with Gasteiger partial charge in [0.25, 0.3) is 0 Å². The number of carbonyl (C=O) groups is 1. The van der Waals surface area contributed by atoms with Gasteiger partial charge in [-0.15, -0.1) is 0 Å². The van der Waals surface area contributed by atoms with Gasteiger partial charge in [-0.05, 0) is 31.4 Å². The van der Waals surface area contributed by atoms with Gasteiger partial charge in [0.2, 0.25) is 5.91 Å². The molecular formula is C11H15NO3. The second-order valence-corrected chi connectivity index (χ2v) is 4.13. The molecule has 1 aromatic heterocycles. The monoisotopic (exact) mass is 209 g/mol. The Labute approximate surface area is 88.4 Å². The summed E-state index contributed by atoms with van der Waals surface area (Å²) in [5.41, 5.74) is 0. The van der Waals surface area contributed by atoms with E-state index in [-0.39, 0.29) is 11.9 Å². The average Bonchev–Trinajstić information content (AvgIpc) is 2.82. The molecule has 4 nitrogen and oxygen atoms in total. The molecule has 0 radical (unpaired) electrons.